The molecule has 3 aromatic rings. The number of H-pyrrole nitrogens is 3. The number of aryl methyl sites for hydroxylation is 1. The predicted molar refractivity (Wildman–Crippen MR) is 88.2 cm³/mol. The van der Waals surface area contributed by atoms with Crippen LogP contribution < -0.4 is 16.6 Å². The van der Waals surface area contributed by atoms with Crippen molar-refractivity contribution in [3.63, 3.8) is 0 Å². The van der Waals surface area contributed by atoms with Crippen molar-refractivity contribution >= 4 is 11.6 Å². The van der Waals surface area contributed by atoms with Crippen molar-refractivity contribution < 1.29 is 4.79 Å². The molecule has 2 heterocycles. The number of aromatic amines is 3. The molecule has 4 N–H and O–H groups in total. The Morgan fingerprint density at radius 1 is 1.17 bits per heavy atom. The van der Waals surface area contributed by atoms with Crippen LogP contribution >= 0.6 is 0 Å². The fraction of sp³-hybridized carbons (Fsp3) is 0.125. The van der Waals surface area contributed by atoms with E-state index in [1.165, 1.54) is 6.92 Å². The number of amides is 1. The maximum atomic E-state index is 12.2. The van der Waals surface area contributed by atoms with Crippen LogP contribution in [0.4, 0.5) is 5.69 Å². The lowest BCUT2D eigenvalue weighted by atomic mass is 10.1. The normalized spacial score (nSPS) is 10.5. The number of anilines is 1. The van der Waals surface area contributed by atoms with Crippen LogP contribution in [0, 0.1) is 6.92 Å². The number of aromatic nitrogens is 4. The smallest absolute Gasteiger partial charge is 0.314 e. The van der Waals surface area contributed by atoms with Crippen LogP contribution in [0.5, 0.6) is 0 Å². The summed E-state index contributed by atoms with van der Waals surface area (Å²) >= 11 is 0. The van der Waals surface area contributed by atoms with Crippen molar-refractivity contribution in [1.82, 2.24) is 20.2 Å². The molecule has 122 valence electrons. The number of nitrogens with zero attached hydrogens (tertiary/aromatic N) is 1. The van der Waals surface area contributed by atoms with Crippen molar-refractivity contribution in [2.45, 2.75) is 13.3 Å². The third-order valence-electron chi connectivity index (χ3n) is 3.47. The quantitative estimate of drug-likeness (QED) is 0.570. The van der Waals surface area contributed by atoms with Crippen LogP contribution in [-0.2, 0) is 6.42 Å². The van der Waals surface area contributed by atoms with Crippen LogP contribution in [0.2, 0.25) is 0 Å². The summed E-state index contributed by atoms with van der Waals surface area (Å²) in [7, 11) is 0. The standard InChI is InChI=1S/C16H15N5O3/c1-9-13(15(23)19-16(24)17-9)18-14(22)12-8-11(20-21-12)7-10-5-3-2-4-6-10/h2-6,8H,7H2,1H3,(H,18,22)(H,20,21)(H2,17,19,23,24). The maximum Gasteiger partial charge on any atom is 0.326 e. The Morgan fingerprint density at radius 3 is 2.62 bits per heavy atom. The van der Waals surface area contributed by atoms with Gasteiger partial charge in [0.2, 0.25) is 0 Å². The van der Waals surface area contributed by atoms with E-state index in [1.54, 1.807) is 6.07 Å². The highest BCUT2D eigenvalue weighted by Crippen LogP contribution is 2.10. The second-order valence-electron chi connectivity index (χ2n) is 5.30. The van der Waals surface area contributed by atoms with E-state index in [2.05, 4.69) is 25.5 Å². The molecule has 8 heteroatoms. The topological polar surface area (TPSA) is 123 Å². The fourth-order valence-corrected chi connectivity index (χ4v) is 2.31. The van der Waals surface area contributed by atoms with Gasteiger partial charge in [-0.3, -0.25) is 19.7 Å². The molecule has 0 aliphatic rings. The fourth-order valence-electron chi connectivity index (χ4n) is 2.31. The molecule has 0 fully saturated rings. The number of hydrogen-bond donors (Lipinski definition) is 4. The molecule has 0 saturated heterocycles. The predicted octanol–water partition coefficient (Wildman–Crippen LogP) is 0.938. The molecule has 0 aliphatic carbocycles. The lowest BCUT2D eigenvalue weighted by Crippen LogP contribution is -2.28. The average molecular weight is 325 g/mol. The van der Waals surface area contributed by atoms with Crippen molar-refractivity contribution in [2.24, 2.45) is 0 Å². The summed E-state index contributed by atoms with van der Waals surface area (Å²) in [6, 6.07) is 11.4. The van der Waals surface area contributed by atoms with E-state index in [0.29, 0.717) is 6.42 Å². The maximum absolute atomic E-state index is 12.2. The Balaban J connectivity index is 1.77. The number of carbonyl (C=O) groups is 1. The summed E-state index contributed by atoms with van der Waals surface area (Å²) < 4.78 is 0. The third-order valence-corrected chi connectivity index (χ3v) is 3.47. The number of nitrogens with one attached hydrogen (secondary N) is 4. The van der Waals surface area contributed by atoms with Crippen LogP contribution in [0.1, 0.15) is 27.4 Å². The Hall–Kier alpha value is -3.42. The molecule has 3 rings (SSSR count). The van der Waals surface area contributed by atoms with Crippen LogP contribution in [-0.4, -0.2) is 26.1 Å². The molecule has 0 atom stereocenters. The second kappa shape index (κ2) is 6.37. The minimum absolute atomic E-state index is 0.00721. The molecule has 0 unspecified atom stereocenters. The minimum atomic E-state index is -0.662. The van der Waals surface area contributed by atoms with Gasteiger partial charge in [0.05, 0.1) is 0 Å². The number of hydrogen-bond acceptors (Lipinski definition) is 4. The largest absolute Gasteiger partial charge is 0.326 e. The van der Waals surface area contributed by atoms with Crippen molar-refractivity contribution in [1.29, 1.82) is 0 Å². The number of benzene rings is 1. The molecule has 8 nitrogen and oxygen atoms in total. The minimum Gasteiger partial charge on any atom is -0.314 e. The SMILES string of the molecule is Cc1[nH]c(=O)[nH]c(=O)c1NC(=O)c1cc(Cc2ccccc2)[nH]n1. The van der Waals surface area contributed by atoms with Gasteiger partial charge in [-0.05, 0) is 18.6 Å². The van der Waals surface area contributed by atoms with E-state index < -0.39 is 17.2 Å². The third kappa shape index (κ3) is 3.32. The molecule has 1 amide bonds. The average Bonchev–Trinajstić information content (AvgIpc) is 3.00. The van der Waals surface area contributed by atoms with Gasteiger partial charge in [-0.2, -0.15) is 5.10 Å². The Kier molecular flexibility index (Phi) is 4.11. The van der Waals surface area contributed by atoms with Gasteiger partial charge in [-0.25, -0.2) is 4.79 Å². The summed E-state index contributed by atoms with van der Waals surface area (Å²) in [6.07, 6.45) is 0.611. The molecule has 24 heavy (non-hydrogen) atoms. The highest BCUT2D eigenvalue weighted by molar-refractivity contribution is 6.03. The van der Waals surface area contributed by atoms with Crippen LogP contribution in [0.15, 0.2) is 46.0 Å². The first-order valence-corrected chi connectivity index (χ1v) is 7.25. The molecule has 0 bridgehead atoms. The summed E-state index contributed by atoms with van der Waals surface area (Å²) in [6.45, 7) is 1.53. The zero-order chi connectivity index (χ0) is 17.1. The molecular weight excluding hydrogens is 310 g/mol. The summed E-state index contributed by atoms with van der Waals surface area (Å²) in [5.74, 6) is -0.536. The number of carbonyl (C=O) groups excluding carboxylic acids is 1. The first-order valence-electron chi connectivity index (χ1n) is 7.25. The van der Waals surface area contributed by atoms with E-state index in [0.717, 1.165) is 11.3 Å². The van der Waals surface area contributed by atoms with Crippen LogP contribution in [0.25, 0.3) is 0 Å². The lowest BCUT2D eigenvalue weighted by Gasteiger charge is -2.04. The summed E-state index contributed by atoms with van der Waals surface area (Å²) in [5, 5.41) is 9.23. The Bertz CT molecular complexity index is 985. The van der Waals surface area contributed by atoms with Crippen molar-refractivity contribution in [3.8, 4) is 0 Å². The summed E-state index contributed by atoms with van der Waals surface area (Å²) in [4.78, 5) is 39.6. The molecule has 2 aromatic heterocycles. The van der Waals surface area contributed by atoms with E-state index in [9.17, 15) is 14.4 Å². The van der Waals surface area contributed by atoms with E-state index in [-0.39, 0.29) is 17.1 Å². The zero-order valence-electron chi connectivity index (χ0n) is 12.8. The monoisotopic (exact) mass is 325 g/mol. The molecule has 0 spiro atoms. The van der Waals surface area contributed by atoms with E-state index >= 15 is 0 Å². The van der Waals surface area contributed by atoms with Crippen molar-refractivity contribution in [2.75, 3.05) is 5.32 Å². The van der Waals surface area contributed by atoms with Gasteiger partial charge >= 0.3 is 5.69 Å². The van der Waals surface area contributed by atoms with E-state index in [4.69, 9.17) is 0 Å². The van der Waals surface area contributed by atoms with Gasteiger partial charge in [0, 0.05) is 17.8 Å². The van der Waals surface area contributed by atoms with Gasteiger partial charge in [0.25, 0.3) is 11.5 Å². The van der Waals surface area contributed by atoms with Gasteiger partial charge < -0.3 is 10.3 Å². The second-order valence-corrected chi connectivity index (χ2v) is 5.30. The van der Waals surface area contributed by atoms with Gasteiger partial charge in [-0.1, -0.05) is 30.3 Å². The highest BCUT2D eigenvalue weighted by atomic mass is 16.2. The molecule has 0 aliphatic heterocycles. The molecule has 0 saturated carbocycles. The highest BCUT2D eigenvalue weighted by Gasteiger charge is 2.14. The zero-order valence-corrected chi connectivity index (χ0v) is 12.8. The first-order chi connectivity index (χ1) is 11.5. The molecule has 0 radical (unpaired) electrons. The Labute approximate surface area is 136 Å². The lowest BCUT2D eigenvalue weighted by molar-refractivity contribution is 0.102. The first kappa shape index (κ1) is 15.5. The molecular formula is C16H15N5O3. The molecule has 1 aromatic carbocycles. The number of rotatable bonds is 4. The van der Waals surface area contributed by atoms with Gasteiger partial charge in [-0.15, -0.1) is 0 Å². The van der Waals surface area contributed by atoms with Gasteiger partial charge in [0.1, 0.15) is 5.69 Å². The van der Waals surface area contributed by atoms with Crippen LogP contribution in [0.3, 0.4) is 0 Å². The van der Waals surface area contributed by atoms with Gasteiger partial charge in [0.15, 0.2) is 5.69 Å². The summed E-state index contributed by atoms with van der Waals surface area (Å²) in [5.41, 5.74) is 1.000. The Morgan fingerprint density at radius 2 is 1.92 bits per heavy atom. The van der Waals surface area contributed by atoms with E-state index in [1.807, 2.05) is 30.3 Å². The van der Waals surface area contributed by atoms with Crippen molar-refractivity contribution in [3.05, 3.63) is 79.9 Å².